The second-order valence-corrected chi connectivity index (χ2v) is 7.34. The van der Waals surface area contributed by atoms with Crippen LogP contribution < -0.4 is 11.1 Å². The summed E-state index contributed by atoms with van der Waals surface area (Å²) >= 11 is 0. The predicted octanol–water partition coefficient (Wildman–Crippen LogP) is 3.05. The minimum Gasteiger partial charge on any atom is -0.383 e. The zero-order chi connectivity index (χ0) is 20.0. The molecule has 0 unspecified atom stereocenters. The average molecular weight is 385 g/mol. The van der Waals surface area contributed by atoms with Crippen molar-refractivity contribution in [1.29, 1.82) is 0 Å². The number of pyridine rings is 3. The summed E-state index contributed by atoms with van der Waals surface area (Å²) in [6.45, 7) is 2.00. The number of amides is 1. The highest BCUT2D eigenvalue weighted by Gasteiger charge is 2.44. The molecule has 8 heteroatoms. The van der Waals surface area contributed by atoms with E-state index < -0.39 is 0 Å². The summed E-state index contributed by atoms with van der Waals surface area (Å²) in [5.74, 6) is 1.02. The minimum atomic E-state index is -0.0544. The molecule has 0 bridgehead atoms. The number of hydrogen-bond donors (Lipinski definition) is 3. The molecule has 1 amide bonds. The zero-order valence-corrected chi connectivity index (χ0v) is 15.8. The van der Waals surface area contributed by atoms with E-state index in [1.54, 1.807) is 24.8 Å². The molecule has 0 aliphatic heterocycles. The van der Waals surface area contributed by atoms with Gasteiger partial charge in [0.2, 0.25) is 5.91 Å². The molecule has 4 N–H and O–H groups in total. The fourth-order valence-electron chi connectivity index (χ4n) is 3.65. The number of carbonyl (C=O) groups is 1. The first-order valence-corrected chi connectivity index (χ1v) is 9.37. The van der Waals surface area contributed by atoms with Gasteiger partial charge in [-0.2, -0.15) is 5.10 Å². The van der Waals surface area contributed by atoms with Crippen molar-refractivity contribution in [2.75, 3.05) is 11.1 Å². The summed E-state index contributed by atoms with van der Waals surface area (Å²) in [6, 6.07) is 5.70. The molecule has 4 heterocycles. The van der Waals surface area contributed by atoms with Gasteiger partial charge in [0.05, 0.1) is 11.9 Å². The van der Waals surface area contributed by atoms with Crippen molar-refractivity contribution in [3.63, 3.8) is 0 Å². The van der Waals surface area contributed by atoms with Gasteiger partial charge < -0.3 is 11.1 Å². The number of hydrogen-bond acceptors (Lipinski definition) is 6. The molecule has 144 valence electrons. The van der Waals surface area contributed by atoms with E-state index in [1.165, 1.54) is 0 Å². The Labute approximate surface area is 166 Å². The number of aromatic amines is 1. The topological polar surface area (TPSA) is 122 Å². The van der Waals surface area contributed by atoms with Crippen molar-refractivity contribution in [3.8, 4) is 11.3 Å². The molecular weight excluding hydrogens is 366 g/mol. The van der Waals surface area contributed by atoms with Gasteiger partial charge in [-0.25, -0.2) is 9.97 Å². The lowest BCUT2D eigenvalue weighted by Crippen LogP contribution is -2.15. The molecular formula is C21H19N7O. The highest BCUT2D eigenvalue weighted by molar-refractivity contribution is 5.98. The van der Waals surface area contributed by atoms with Crippen LogP contribution in [0.3, 0.4) is 0 Å². The fraction of sp³-hybridized carbons (Fsp3) is 0.190. The zero-order valence-electron chi connectivity index (χ0n) is 15.8. The van der Waals surface area contributed by atoms with Crippen LogP contribution in [0.2, 0.25) is 0 Å². The lowest BCUT2D eigenvalue weighted by molar-refractivity contribution is -0.117. The van der Waals surface area contributed by atoms with Crippen LogP contribution in [0, 0.1) is 12.8 Å². The lowest BCUT2D eigenvalue weighted by atomic mass is 10.1. The monoisotopic (exact) mass is 385 g/mol. The normalized spacial score (nSPS) is 18.0. The van der Waals surface area contributed by atoms with Gasteiger partial charge in [0.15, 0.2) is 0 Å². The van der Waals surface area contributed by atoms with Gasteiger partial charge in [-0.3, -0.25) is 14.9 Å². The largest absolute Gasteiger partial charge is 0.383 e. The summed E-state index contributed by atoms with van der Waals surface area (Å²) in [5, 5.41) is 11.3. The highest BCUT2D eigenvalue weighted by Crippen LogP contribution is 2.47. The second kappa shape index (κ2) is 6.66. The molecule has 1 saturated carbocycles. The molecule has 0 spiro atoms. The Hall–Kier alpha value is -3.81. The van der Waals surface area contributed by atoms with Crippen molar-refractivity contribution in [2.45, 2.75) is 19.3 Å². The fourth-order valence-corrected chi connectivity index (χ4v) is 3.65. The minimum absolute atomic E-state index is 0.0339. The van der Waals surface area contributed by atoms with Crippen LogP contribution in [-0.2, 0) is 4.79 Å². The lowest BCUT2D eigenvalue weighted by Gasteiger charge is -2.10. The molecule has 1 aliphatic rings. The number of nitrogen functional groups attached to an aromatic ring is 1. The van der Waals surface area contributed by atoms with E-state index in [9.17, 15) is 4.79 Å². The molecule has 1 aliphatic carbocycles. The third-order valence-corrected chi connectivity index (χ3v) is 5.39. The van der Waals surface area contributed by atoms with Crippen LogP contribution in [0.5, 0.6) is 0 Å². The van der Waals surface area contributed by atoms with Crippen LogP contribution in [-0.4, -0.2) is 31.1 Å². The van der Waals surface area contributed by atoms with Crippen molar-refractivity contribution < 1.29 is 4.79 Å². The van der Waals surface area contributed by atoms with Gasteiger partial charge in [0.25, 0.3) is 0 Å². The van der Waals surface area contributed by atoms with Gasteiger partial charge in [0, 0.05) is 41.7 Å². The van der Waals surface area contributed by atoms with Crippen LogP contribution in [0.15, 0.2) is 49.2 Å². The Morgan fingerprint density at radius 1 is 1.28 bits per heavy atom. The van der Waals surface area contributed by atoms with Crippen molar-refractivity contribution in [3.05, 3.63) is 60.3 Å². The Kier molecular flexibility index (Phi) is 3.97. The van der Waals surface area contributed by atoms with Gasteiger partial charge >= 0.3 is 0 Å². The number of anilines is 2. The van der Waals surface area contributed by atoms with Gasteiger partial charge in [-0.15, -0.1) is 0 Å². The summed E-state index contributed by atoms with van der Waals surface area (Å²) in [6.07, 6.45) is 9.59. The van der Waals surface area contributed by atoms with Crippen LogP contribution in [0.1, 0.15) is 23.5 Å². The van der Waals surface area contributed by atoms with Crippen LogP contribution >= 0.6 is 0 Å². The molecule has 0 aromatic carbocycles. The van der Waals surface area contributed by atoms with Crippen molar-refractivity contribution in [2.24, 2.45) is 5.92 Å². The number of nitrogens with two attached hydrogens (primary N) is 1. The van der Waals surface area contributed by atoms with E-state index in [-0.39, 0.29) is 17.7 Å². The molecule has 1 fully saturated rings. The molecule has 8 nitrogen and oxygen atoms in total. The van der Waals surface area contributed by atoms with Crippen LogP contribution in [0.4, 0.5) is 11.6 Å². The number of H-pyrrole nitrogens is 1. The standard InChI is InChI=1S/C21H19N7O/c1-11-2-3-23-9-16(11)18-4-12-5-19(24-10-17(12)20(22)27-18)28-21(29)15-6-14(15)13-7-25-26-8-13/h2-5,7-10,14-15H,6H2,1H3,(H2,22,27)(H,25,26)(H,24,28,29)/t14-,15+/m0/s1. The number of nitrogens with zero attached hydrogens (tertiary/aromatic N) is 4. The molecule has 4 aromatic heterocycles. The summed E-state index contributed by atoms with van der Waals surface area (Å²) in [7, 11) is 0. The van der Waals surface area contributed by atoms with E-state index in [2.05, 4.69) is 30.5 Å². The maximum Gasteiger partial charge on any atom is 0.229 e. The third-order valence-electron chi connectivity index (χ3n) is 5.39. The van der Waals surface area contributed by atoms with Crippen molar-refractivity contribution >= 4 is 28.3 Å². The molecule has 5 rings (SSSR count). The van der Waals surface area contributed by atoms with Gasteiger partial charge in [-0.1, -0.05) is 0 Å². The smallest absolute Gasteiger partial charge is 0.229 e. The summed E-state index contributed by atoms with van der Waals surface area (Å²) < 4.78 is 0. The number of fused-ring (bicyclic) bond motifs is 1. The summed E-state index contributed by atoms with van der Waals surface area (Å²) in [5.41, 5.74) is 9.95. The number of rotatable bonds is 4. The van der Waals surface area contributed by atoms with E-state index in [4.69, 9.17) is 5.73 Å². The molecule has 0 radical (unpaired) electrons. The number of carbonyl (C=O) groups excluding carboxylic acids is 1. The summed E-state index contributed by atoms with van der Waals surface area (Å²) in [4.78, 5) is 25.6. The number of aryl methyl sites for hydroxylation is 1. The van der Waals surface area contributed by atoms with Crippen LogP contribution in [0.25, 0.3) is 22.0 Å². The average Bonchev–Trinajstić information content (AvgIpc) is 3.33. The highest BCUT2D eigenvalue weighted by atomic mass is 16.2. The molecule has 0 saturated heterocycles. The number of aromatic nitrogens is 5. The first-order valence-electron chi connectivity index (χ1n) is 9.37. The van der Waals surface area contributed by atoms with Gasteiger partial charge in [0.1, 0.15) is 11.6 Å². The second-order valence-electron chi connectivity index (χ2n) is 7.34. The Bertz CT molecular complexity index is 1220. The number of nitrogens with one attached hydrogen (secondary N) is 2. The van der Waals surface area contributed by atoms with E-state index >= 15 is 0 Å². The quantitative estimate of drug-likeness (QED) is 0.496. The SMILES string of the molecule is Cc1ccncc1-c1cc2cc(NC(=O)[C@@H]3C[C@H]3c3cn[nH]c3)ncc2c(N)n1. The maximum atomic E-state index is 12.6. The predicted molar refractivity (Wildman–Crippen MR) is 110 cm³/mol. The maximum absolute atomic E-state index is 12.6. The van der Waals surface area contributed by atoms with Gasteiger partial charge in [-0.05, 0) is 54.0 Å². The Morgan fingerprint density at radius 3 is 2.97 bits per heavy atom. The van der Waals surface area contributed by atoms with E-state index in [1.807, 2.05) is 31.3 Å². The van der Waals surface area contributed by atoms with E-state index in [0.29, 0.717) is 11.6 Å². The molecule has 2 atom stereocenters. The third kappa shape index (κ3) is 3.18. The first-order chi connectivity index (χ1) is 14.1. The molecule has 4 aromatic rings. The Morgan fingerprint density at radius 2 is 2.17 bits per heavy atom. The molecule has 29 heavy (non-hydrogen) atoms. The van der Waals surface area contributed by atoms with E-state index in [0.717, 1.165) is 39.6 Å². The Balaban J connectivity index is 1.42. The first kappa shape index (κ1) is 17.3. The van der Waals surface area contributed by atoms with Crippen molar-refractivity contribution in [1.82, 2.24) is 25.1 Å².